The van der Waals surface area contributed by atoms with Crippen LogP contribution in [0, 0.1) is 0 Å². The summed E-state index contributed by atoms with van der Waals surface area (Å²) >= 11 is 0. The largest absolute Gasteiger partial charge is 0.493 e. The van der Waals surface area contributed by atoms with Crippen LogP contribution in [0.4, 0.5) is 5.69 Å². The van der Waals surface area contributed by atoms with Gasteiger partial charge in [-0.25, -0.2) is 14.5 Å². The Balaban J connectivity index is 1.23. The first kappa shape index (κ1) is 22.6. The second-order valence-electron chi connectivity index (χ2n) is 9.09. The summed E-state index contributed by atoms with van der Waals surface area (Å²) in [4.78, 5) is 11.4. The molecule has 0 aliphatic carbocycles. The highest BCUT2D eigenvalue weighted by Crippen LogP contribution is 2.42. The van der Waals surface area contributed by atoms with Gasteiger partial charge >= 0.3 is 0 Å². The Kier molecular flexibility index (Phi) is 6.06. The Hall–Kier alpha value is -3.85. The van der Waals surface area contributed by atoms with Crippen LogP contribution in [-0.4, -0.2) is 60.1 Å². The van der Waals surface area contributed by atoms with Crippen molar-refractivity contribution in [3.8, 4) is 17.4 Å². The number of ether oxygens (including phenoxy) is 4. The molecule has 0 spiro atoms. The lowest BCUT2D eigenvalue weighted by atomic mass is 9.95. The molecule has 9 nitrogen and oxygen atoms in total. The van der Waals surface area contributed by atoms with Crippen LogP contribution < -0.4 is 19.1 Å². The number of pyridine rings is 1. The number of benzene rings is 1. The first-order valence-corrected chi connectivity index (χ1v) is 12.2. The van der Waals surface area contributed by atoms with E-state index >= 15 is 0 Å². The Morgan fingerprint density at radius 3 is 2.69 bits per heavy atom. The molecule has 0 amide bonds. The molecule has 1 unspecified atom stereocenters. The molecule has 9 heteroatoms. The molecule has 6 rings (SSSR count). The van der Waals surface area contributed by atoms with Crippen LogP contribution in [0.25, 0.3) is 5.65 Å². The molecule has 1 aromatic carbocycles. The van der Waals surface area contributed by atoms with Crippen LogP contribution in [0.1, 0.15) is 34.8 Å². The molecule has 0 saturated carbocycles. The van der Waals surface area contributed by atoms with Gasteiger partial charge in [0.1, 0.15) is 6.10 Å². The average Bonchev–Trinajstić information content (AvgIpc) is 3.34. The number of aryl methyl sites for hydroxylation is 1. The fraction of sp³-hybridized carbons (Fsp3) is 0.370. The molecule has 4 aromatic rings. The summed E-state index contributed by atoms with van der Waals surface area (Å²) in [5, 5.41) is 4.58. The number of morpholine rings is 1. The molecule has 1 fully saturated rings. The van der Waals surface area contributed by atoms with Gasteiger partial charge < -0.3 is 23.8 Å². The smallest absolute Gasteiger partial charge is 0.212 e. The summed E-state index contributed by atoms with van der Waals surface area (Å²) in [5.41, 5.74) is 6.33. The minimum Gasteiger partial charge on any atom is -0.493 e. The molecule has 2 aliphatic rings. The van der Waals surface area contributed by atoms with E-state index in [0.717, 1.165) is 84.2 Å². The topological polar surface area (TPSA) is 83.2 Å². The van der Waals surface area contributed by atoms with E-state index in [2.05, 4.69) is 27.1 Å². The average molecular weight is 488 g/mol. The number of fused-ring (bicyclic) bond motifs is 2. The van der Waals surface area contributed by atoms with Gasteiger partial charge in [0.15, 0.2) is 17.1 Å². The van der Waals surface area contributed by atoms with Crippen LogP contribution >= 0.6 is 0 Å². The van der Waals surface area contributed by atoms with Gasteiger partial charge in [-0.15, -0.1) is 0 Å². The minimum absolute atomic E-state index is 0.0693. The Labute approximate surface area is 209 Å². The first-order chi connectivity index (χ1) is 17.7. The monoisotopic (exact) mass is 487 g/mol. The zero-order chi connectivity index (χ0) is 24.5. The van der Waals surface area contributed by atoms with Gasteiger partial charge in [0, 0.05) is 42.9 Å². The first-order valence-electron chi connectivity index (χ1n) is 12.2. The molecule has 0 N–H and O–H groups in total. The van der Waals surface area contributed by atoms with E-state index in [9.17, 15) is 0 Å². The maximum absolute atomic E-state index is 6.40. The number of hydrogen-bond donors (Lipinski definition) is 0. The molecule has 3 aromatic heterocycles. The molecular formula is C27H29N5O4. The van der Waals surface area contributed by atoms with E-state index in [1.165, 1.54) is 0 Å². The molecule has 186 valence electrons. The lowest BCUT2D eigenvalue weighted by Gasteiger charge is -2.28. The van der Waals surface area contributed by atoms with Gasteiger partial charge in [-0.2, -0.15) is 5.10 Å². The lowest BCUT2D eigenvalue weighted by molar-refractivity contribution is 0.122. The van der Waals surface area contributed by atoms with Gasteiger partial charge in [0.05, 0.1) is 51.7 Å². The summed E-state index contributed by atoms with van der Waals surface area (Å²) in [6.07, 6.45) is 10.1. The number of anilines is 1. The zero-order valence-electron chi connectivity index (χ0n) is 20.5. The number of nitrogens with zero attached hydrogens (tertiary/aromatic N) is 5. The van der Waals surface area contributed by atoms with E-state index < -0.39 is 0 Å². The standard InChI is InChI=1S/C27H29N5O4/c1-33-24-13-18(11-19-3-5-23(36-26(19)24)20-4-6-25(34-2)28-14-20)12-21-15-30-32-17-22(16-29-27(21)32)31-7-9-35-10-8-31/h4,6,11,13-17,23H,3,5,7-10,12H2,1-2H3. The minimum atomic E-state index is -0.0693. The van der Waals surface area contributed by atoms with Crippen molar-refractivity contribution in [3.05, 3.63) is 71.3 Å². The van der Waals surface area contributed by atoms with E-state index in [1.54, 1.807) is 14.2 Å². The maximum atomic E-state index is 6.40. The molecule has 0 bridgehead atoms. The van der Waals surface area contributed by atoms with E-state index in [1.807, 2.05) is 41.4 Å². The normalized spacial score (nSPS) is 17.5. The predicted molar refractivity (Wildman–Crippen MR) is 134 cm³/mol. The number of hydrogen-bond acceptors (Lipinski definition) is 8. The molecular weight excluding hydrogens is 458 g/mol. The highest BCUT2D eigenvalue weighted by Gasteiger charge is 2.26. The SMILES string of the molecule is COc1ccc(C2CCc3cc(Cc4cnn5cc(N6CCOCC6)cnc45)cc(OC)c3O2)cn1. The van der Waals surface area contributed by atoms with E-state index in [0.29, 0.717) is 12.3 Å². The number of methoxy groups -OCH3 is 2. The van der Waals surface area contributed by atoms with Crippen molar-refractivity contribution < 1.29 is 18.9 Å². The fourth-order valence-electron chi connectivity index (χ4n) is 4.97. The quantitative estimate of drug-likeness (QED) is 0.408. The maximum Gasteiger partial charge on any atom is 0.212 e. The summed E-state index contributed by atoms with van der Waals surface area (Å²) in [7, 11) is 3.30. The van der Waals surface area contributed by atoms with Crippen molar-refractivity contribution in [1.29, 1.82) is 0 Å². The van der Waals surface area contributed by atoms with Crippen LogP contribution in [-0.2, 0) is 17.6 Å². The number of rotatable bonds is 6. The van der Waals surface area contributed by atoms with Crippen molar-refractivity contribution in [2.75, 3.05) is 45.4 Å². The van der Waals surface area contributed by atoms with E-state index in [-0.39, 0.29) is 6.10 Å². The summed E-state index contributed by atoms with van der Waals surface area (Å²) in [6.45, 7) is 3.22. The van der Waals surface area contributed by atoms with E-state index in [4.69, 9.17) is 23.9 Å². The third kappa shape index (κ3) is 4.30. The van der Waals surface area contributed by atoms with Crippen molar-refractivity contribution in [1.82, 2.24) is 19.6 Å². The third-order valence-electron chi connectivity index (χ3n) is 6.87. The fourth-order valence-corrected chi connectivity index (χ4v) is 4.97. The third-order valence-corrected chi connectivity index (χ3v) is 6.87. The predicted octanol–water partition coefficient (Wildman–Crippen LogP) is 3.64. The second kappa shape index (κ2) is 9.66. The highest BCUT2D eigenvalue weighted by atomic mass is 16.5. The lowest BCUT2D eigenvalue weighted by Crippen LogP contribution is -2.36. The van der Waals surface area contributed by atoms with Crippen molar-refractivity contribution in [3.63, 3.8) is 0 Å². The summed E-state index contributed by atoms with van der Waals surface area (Å²) < 4.78 is 24.7. The molecule has 2 aliphatic heterocycles. The number of aromatic nitrogens is 4. The van der Waals surface area contributed by atoms with Crippen LogP contribution in [0.2, 0.25) is 0 Å². The summed E-state index contributed by atoms with van der Waals surface area (Å²) in [6, 6.07) is 8.14. The Morgan fingerprint density at radius 2 is 1.92 bits per heavy atom. The molecule has 5 heterocycles. The summed E-state index contributed by atoms with van der Waals surface area (Å²) in [5.74, 6) is 2.14. The molecule has 1 saturated heterocycles. The van der Waals surface area contributed by atoms with Gasteiger partial charge in [0.25, 0.3) is 0 Å². The van der Waals surface area contributed by atoms with Crippen molar-refractivity contribution in [2.24, 2.45) is 0 Å². The van der Waals surface area contributed by atoms with Gasteiger partial charge in [-0.3, -0.25) is 0 Å². The van der Waals surface area contributed by atoms with Crippen molar-refractivity contribution in [2.45, 2.75) is 25.4 Å². The molecule has 1 atom stereocenters. The molecule has 0 radical (unpaired) electrons. The van der Waals surface area contributed by atoms with Crippen LogP contribution in [0.15, 0.2) is 49.1 Å². The van der Waals surface area contributed by atoms with Gasteiger partial charge in [-0.05, 0) is 36.1 Å². The second-order valence-corrected chi connectivity index (χ2v) is 9.09. The van der Waals surface area contributed by atoms with Crippen LogP contribution in [0.5, 0.6) is 17.4 Å². The Bertz CT molecular complexity index is 1350. The van der Waals surface area contributed by atoms with Crippen LogP contribution in [0.3, 0.4) is 0 Å². The van der Waals surface area contributed by atoms with Gasteiger partial charge in [0.2, 0.25) is 5.88 Å². The molecule has 36 heavy (non-hydrogen) atoms. The Morgan fingerprint density at radius 1 is 1.03 bits per heavy atom. The highest BCUT2D eigenvalue weighted by molar-refractivity contribution is 5.56. The van der Waals surface area contributed by atoms with Crippen molar-refractivity contribution >= 4 is 11.3 Å². The van der Waals surface area contributed by atoms with Gasteiger partial charge in [-0.1, -0.05) is 6.07 Å². The zero-order valence-corrected chi connectivity index (χ0v) is 20.5.